The standard InChI is InChI=1S/C20H14ClN3OS/c1-13(25)23-18-8-2-14(3-9-18)10-16(11-22)20-24-19(12-26-20)15-4-6-17(21)7-5-15/h2-10,12H,1H3,(H,23,25)/b16-10-. The molecule has 0 saturated heterocycles. The van der Waals surface area contributed by atoms with Crippen molar-refractivity contribution in [2.75, 3.05) is 5.32 Å². The fourth-order valence-electron chi connectivity index (χ4n) is 2.33. The van der Waals surface area contributed by atoms with Gasteiger partial charge in [-0.2, -0.15) is 5.26 Å². The number of amides is 1. The van der Waals surface area contributed by atoms with Gasteiger partial charge in [-0.05, 0) is 35.9 Å². The van der Waals surface area contributed by atoms with Crippen LogP contribution in [0.3, 0.4) is 0 Å². The molecule has 1 N–H and O–H groups in total. The average Bonchev–Trinajstić information content (AvgIpc) is 3.11. The van der Waals surface area contributed by atoms with E-state index in [4.69, 9.17) is 11.6 Å². The highest BCUT2D eigenvalue weighted by molar-refractivity contribution is 7.11. The van der Waals surface area contributed by atoms with Crippen LogP contribution in [0.25, 0.3) is 22.9 Å². The van der Waals surface area contributed by atoms with Crippen LogP contribution in [0, 0.1) is 11.3 Å². The van der Waals surface area contributed by atoms with E-state index in [0.29, 0.717) is 21.3 Å². The van der Waals surface area contributed by atoms with Crippen LogP contribution < -0.4 is 5.32 Å². The maximum Gasteiger partial charge on any atom is 0.221 e. The molecule has 2 aromatic carbocycles. The monoisotopic (exact) mass is 379 g/mol. The molecule has 0 saturated carbocycles. The van der Waals surface area contributed by atoms with Crippen LogP contribution in [-0.4, -0.2) is 10.9 Å². The number of nitriles is 1. The van der Waals surface area contributed by atoms with E-state index in [1.807, 2.05) is 41.8 Å². The van der Waals surface area contributed by atoms with Gasteiger partial charge >= 0.3 is 0 Å². The van der Waals surface area contributed by atoms with Gasteiger partial charge in [-0.15, -0.1) is 11.3 Å². The Kier molecular flexibility index (Phi) is 5.47. The molecule has 1 amide bonds. The second kappa shape index (κ2) is 7.96. The zero-order valence-corrected chi connectivity index (χ0v) is 15.4. The minimum atomic E-state index is -0.122. The highest BCUT2D eigenvalue weighted by Crippen LogP contribution is 2.28. The lowest BCUT2D eigenvalue weighted by molar-refractivity contribution is -0.114. The van der Waals surface area contributed by atoms with Gasteiger partial charge in [-0.25, -0.2) is 4.98 Å². The van der Waals surface area contributed by atoms with Gasteiger partial charge in [0.15, 0.2) is 0 Å². The smallest absolute Gasteiger partial charge is 0.221 e. The van der Waals surface area contributed by atoms with E-state index in [2.05, 4.69) is 16.4 Å². The number of carbonyl (C=O) groups is 1. The Morgan fingerprint density at radius 3 is 2.50 bits per heavy atom. The van der Waals surface area contributed by atoms with Crippen molar-refractivity contribution >= 4 is 46.2 Å². The summed E-state index contributed by atoms with van der Waals surface area (Å²) in [6, 6.07) is 16.9. The van der Waals surface area contributed by atoms with Crippen molar-refractivity contribution in [3.8, 4) is 17.3 Å². The number of rotatable bonds is 4. The zero-order chi connectivity index (χ0) is 18.5. The second-order valence-corrected chi connectivity index (χ2v) is 6.81. The lowest BCUT2D eigenvalue weighted by Crippen LogP contribution is -2.05. The van der Waals surface area contributed by atoms with Gasteiger partial charge in [0, 0.05) is 28.6 Å². The number of nitrogens with one attached hydrogen (secondary N) is 1. The Labute approximate surface area is 160 Å². The molecule has 4 nitrogen and oxygen atoms in total. The van der Waals surface area contributed by atoms with Crippen molar-refractivity contribution in [1.82, 2.24) is 4.98 Å². The van der Waals surface area contributed by atoms with Crippen LogP contribution in [0.15, 0.2) is 53.9 Å². The number of carbonyl (C=O) groups excluding carboxylic acids is 1. The quantitative estimate of drug-likeness (QED) is 0.610. The summed E-state index contributed by atoms with van der Waals surface area (Å²) < 4.78 is 0. The molecular weight excluding hydrogens is 366 g/mol. The first kappa shape index (κ1) is 17.9. The number of anilines is 1. The Morgan fingerprint density at radius 1 is 1.19 bits per heavy atom. The Balaban J connectivity index is 1.85. The van der Waals surface area contributed by atoms with E-state index in [9.17, 15) is 10.1 Å². The van der Waals surface area contributed by atoms with Gasteiger partial charge in [0.1, 0.15) is 11.1 Å². The third kappa shape index (κ3) is 4.37. The van der Waals surface area contributed by atoms with Gasteiger partial charge in [0.25, 0.3) is 0 Å². The maximum atomic E-state index is 11.1. The van der Waals surface area contributed by atoms with Crippen LogP contribution in [0.1, 0.15) is 17.5 Å². The summed E-state index contributed by atoms with van der Waals surface area (Å²) >= 11 is 7.33. The SMILES string of the molecule is CC(=O)Nc1ccc(/C=C(/C#N)c2nc(-c3ccc(Cl)cc3)cs2)cc1. The molecule has 0 fully saturated rings. The largest absolute Gasteiger partial charge is 0.326 e. The molecule has 0 aliphatic rings. The van der Waals surface area contributed by atoms with Crippen LogP contribution in [0.5, 0.6) is 0 Å². The predicted octanol–water partition coefficient (Wildman–Crippen LogP) is 5.49. The third-order valence-electron chi connectivity index (χ3n) is 3.54. The molecule has 0 bridgehead atoms. The summed E-state index contributed by atoms with van der Waals surface area (Å²) in [5, 5.41) is 15.5. The van der Waals surface area contributed by atoms with Gasteiger partial charge < -0.3 is 5.32 Å². The van der Waals surface area contributed by atoms with Crippen LogP contribution in [0.2, 0.25) is 5.02 Å². The normalized spacial score (nSPS) is 11.0. The minimum absolute atomic E-state index is 0.122. The Morgan fingerprint density at radius 2 is 1.88 bits per heavy atom. The fourth-order valence-corrected chi connectivity index (χ4v) is 3.25. The average molecular weight is 380 g/mol. The molecule has 1 heterocycles. The number of halogens is 1. The molecule has 0 spiro atoms. The number of aromatic nitrogens is 1. The van der Waals surface area contributed by atoms with E-state index in [1.165, 1.54) is 18.3 Å². The number of hydrogen-bond donors (Lipinski definition) is 1. The number of thiazole rings is 1. The molecular formula is C20H14ClN3OS. The Hall–Kier alpha value is -2.94. The highest BCUT2D eigenvalue weighted by atomic mass is 35.5. The first-order chi connectivity index (χ1) is 12.5. The number of allylic oxidation sites excluding steroid dienone is 1. The first-order valence-corrected chi connectivity index (χ1v) is 9.02. The molecule has 3 aromatic rings. The first-order valence-electron chi connectivity index (χ1n) is 7.76. The van der Waals surface area contributed by atoms with E-state index in [-0.39, 0.29) is 5.91 Å². The number of benzene rings is 2. The number of hydrogen-bond acceptors (Lipinski definition) is 4. The molecule has 0 atom stereocenters. The van der Waals surface area contributed by atoms with Gasteiger partial charge in [-0.1, -0.05) is 35.9 Å². The Bertz CT molecular complexity index is 999. The van der Waals surface area contributed by atoms with E-state index in [1.54, 1.807) is 18.2 Å². The topological polar surface area (TPSA) is 65.8 Å². The van der Waals surface area contributed by atoms with Gasteiger partial charge in [-0.3, -0.25) is 4.79 Å². The third-order valence-corrected chi connectivity index (χ3v) is 4.66. The molecule has 0 aliphatic carbocycles. The van der Waals surface area contributed by atoms with Crippen molar-refractivity contribution in [3.05, 3.63) is 69.5 Å². The summed E-state index contributed by atoms with van der Waals surface area (Å²) in [5.74, 6) is -0.122. The van der Waals surface area contributed by atoms with Gasteiger partial charge in [0.2, 0.25) is 5.91 Å². The van der Waals surface area contributed by atoms with E-state index >= 15 is 0 Å². The molecule has 6 heteroatoms. The molecule has 26 heavy (non-hydrogen) atoms. The van der Waals surface area contributed by atoms with Crippen LogP contribution in [-0.2, 0) is 4.79 Å². The minimum Gasteiger partial charge on any atom is -0.326 e. The lowest BCUT2D eigenvalue weighted by Gasteiger charge is -2.02. The predicted molar refractivity (Wildman–Crippen MR) is 107 cm³/mol. The highest BCUT2D eigenvalue weighted by Gasteiger charge is 2.09. The summed E-state index contributed by atoms with van der Waals surface area (Å²) in [7, 11) is 0. The fraction of sp³-hybridized carbons (Fsp3) is 0.0500. The zero-order valence-electron chi connectivity index (χ0n) is 13.9. The van der Waals surface area contributed by atoms with Crippen molar-refractivity contribution < 1.29 is 4.79 Å². The van der Waals surface area contributed by atoms with E-state index < -0.39 is 0 Å². The maximum absolute atomic E-state index is 11.1. The van der Waals surface area contributed by atoms with Crippen LogP contribution in [0.4, 0.5) is 5.69 Å². The summed E-state index contributed by atoms with van der Waals surface area (Å²) in [6.45, 7) is 1.46. The van der Waals surface area contributed by atoms with Crippen LogP contribution >= 0.6 is 22.9 Å². The second-order valence-electron chi connectivity index (χ2n) is 5.52. The molecule has 0 radical (unpaired) electrons. The molecule has 128 valence electrons. The molecule has 1 aromatic heterocycles. The van der Waals surface area contributed by atoms with Crippen molar-refractivity contribution in [2.24, 2.45) is 0 Å². The summed E-state index contributed by atoms with van der Waals surface area (Å²) in [4.78, 5) is 15.6. The van der Waals surface area contributed by atoms with Gasteiger partial charge in [0.05, 0.1) is 11.3 Å². The number of nitrogens with zero attached hydrogens (tertiary/aromatic N) is 2. The molecule has 0 aliphatic heterocycles. The lowest BCUT2D eigenvalue weighted by atomic mass is 10.1. The summed E-state index contributed by atoms with van der Waals surface area (Å²) in [6.07, 6.45) is 1.78. The molecule has 3 rings (SSSR count). The van der Waals surface area contributed by atoms with E-state index in [0.717, 1.165) is 16.8 Å². The van der Waals surface area contributed by atoms with Crippen molar-refractivity contribution in [2.45, 2.75) is 6.92 Å². The summed E-state index contributed by atoms with van der Waals surface area (Å²) in [5.41, 5.74) is 3.83. The molecule has 0 unspecified atom stereocenters. The van der Waals surface area contributed by atoms with Crippen molar-refractivity contribution in [1.29, 1.82) is 5.26 Å². The van der Waals surface area contributed by atoms with Crippen molar-refractivity contribution in [3.63, 3.8) is 0 Å².